The number of methoxy groups -OCH3 is 1. The minimum atomic E-state index is 0.159. The van der Waals surface area contributed by atoms with E-state index < -0.39 is 0 Å². The predicted octanol–water partition coefficient (Wildman–Crippen LogP) is 3.89. The zero-order chi connectivity index (χ0) is 15.5. The molecule has 1 aromatic rings. The maximum Gasteiger partial charge on any atom is 0.141 e. The highest BCUT2D eigenvalue weighted by Crippen LogP contribution is 2.32. The number of anilines is 1. The van der Waals surface area contributed by atoms with Crippen LogP contribution < -0.4 is 10.1 Å². The molecule has 1 saturated heterocycles. The lowest BCUT2D eigenvalue weighted by molar-refractivity contribution is 0.348. The second-order valence-corrected chi connectivity index (χ2v) is 7.24. The number of rotatable bonds is 3. The first kappa shape index (κ1) is 16.2. The largest absolute Gasteiger partial charge is 0.495 e. The van der Waals surface area contributed by atoms with Crippen LogP contribution in [-0.4, -0.2) is 38.2 Å². The standard InChI is InChI=1S/C18H30N2O/c1-18(2,3)14-8-9-17(21-5)16(13-14)19-15-7-6-11-20(4)12-10-15/h8-9,13,15,19H,6-7,10-12H2,1-5H3. The average molecular weight is 290 g/mol. The van der Waals surface area contributed by atoms with Crippen molar-refractivity contribution in [2.75, 3.05) is 32.6 Å². The molecular formula is C18H30N2O. The summed E-state index contributed by atoms with van der Waals surface area (Å²) in [6.45, 7) is 9.12. The summed E-state index contributed by atoms with van der Waals surface area (Å²) in [5.74, 6) is 0.945. The number of nitrogens with one attached hydrogen (secondary N) is 1. The van der Waals surface area contributed by atoms with Crippen molar-refractivity contribution in [3.05, 3.63) is 23.8 Å². The number of ether oxygens (including phenoxy) is 1. The fraction of sp³-hybridized carbons (Fsp3) is 0.667. The van der Waals surface area contributed by atoms with Crippen LogP contribution >= 0.6 is 0 Å². The van der Waals surface area contributed by atoms with Crippen LogP contribution in [0.1, 0.15) is 45.6 Å². The first-order valence-corrected chi connectivity index (χ1v) is 8.04. The van der Waals surface area contributed by atoms with E-state index in [4.69, 9.17) is 4.74 Å². The Labute approximate surface area is 129 Å². The van der Waals surface area contributed by atoms with Crippen LogP contribution in [0.25, 0.3) is 0 Å². The molecule has 1 unspecified atom stereocenters. The Kier molecular flexibility index (Phi) is 5.15. The second-order valence-electron chi connectivity index (χ2n) is 7.24. The van der Waals surface area contributed by atoms with Gasteiger partial charge in [-0.1, -0.05) is 26.8 Å². The van der Waals surface area contributed by atoms with Gasteiger partial charge in [-0.05, 0) is 62.5 Å². The topological polar surface area (TPSA) is 24.5 Å². The Hall–Kier alpha value is -1.22. The molecule has 3 heteroatoms. The zero-order valence-corrected chi connectivity index (χ0v) is 14.2. The molecule has 21 heavy (non-hydrogen) atoms. The first-order valence-electron chi connectivity index (χ1n) is 8.04. The van der Waals surface area contributed by atoms with Crippen LogP contribution in [0, 0.1) is 0 Å². The zero-order valence-electron chi connectivity index (χ0n) is 14.2. The molecule has 1 heterocycles. The molecule has 1 atom stereocenters. The molecule has 0 bridgehead atoms. The minimum absolute atomic E-state index is 0.159. The Morgan fingerprint density at radius 3 is 2.62 bits per heavy atom. The van der Waals surface area contributed by atoms with E-state index in [2.05, 4.69) is 56.2 Å². The third-order valence-corrected chi connectivity index (χ3v) is 4.38. The molecule has 1 aliphatic heterocycles. The van der Waals surface area contributed by atoms with Gasteiger partial charge in [0.05, 0.1) is 12.8 Å². The van der Waals surface area contributed by atoms with Crippen LogP contribution in [-0.2, 0) is 5.41 Å². The third-order valence-electron chi connectivity index (χ3n) is 4.38. The number of nitrogens with zero attached hydrogens (tertiary/aromatic N) is 1. The number of likely N-dealkylation sites (tertiary alicyclic amines) is 1. The van der Waals surface area contributed by atoms with Gasteiger partial charge in [0.15, 0.2) is 0 Å². The molecule has 3 nitrogen and oxygen atoms in total. The van der Waals surface area contributed by atoms with Crippen molar-refractivity contribution in [2.24, 2.45) is 0 Å². The highest BCUT2D eigenvalue weighted by molar-refractivity contribution is 5.59. The fourth-order valence-corrected chi connectivity index (χ4v) is 2.89. The first-order chi connectivity index (χ1) is 9.90. The molecule has 1 fully saturated rings. The molecule has 0 aromatic heterocycles. The van der Waals surface area contributed by atoms with Crippen molar-refractivity contribution in [1.29, 1.82) is 0 Å². The van der Waals surface area contributed by atoms with Crippen LogP contribution in [0.5, 0.6) is 5.75 Å². The predicted molar refractivity (Wildman–Crippen MR) is 90.5 cm³/mol. The number of benzene rings is 1. The summed E-state index contributed by atoms with van der Waals surface area (Å²) < 4.78 is 5.53. The molecule has 1 aliphatic rings. The Balaban J connectivity index is 2.17. The molecule has 2 rings (SSSR count). The van der Waals surface area contributed by atoms with Crippen molar-refractivity contribution in [2.45, 2.75) is 51.5 Å². The van der Waals surface area contributed by atoms with Gasteiger partial charge in [0, 0.05) is 6.04 Å². The maximum absolute atomic E-state index is 5.53. The maximum atomic E-state index is 5.53. The molecule has 0 aliphatic carbocycles. The molecular weight excluding hydrogens is 260 g/mol. The lowest BCUT2D eigenvalue weighted by Crippen LogP contribution is -2.23. The van der Waals surface area contributed by atoms with Gasteiger partial charge in [0.2, 0.25) is 0 Å². The summed E-state index contributed by atoms with van der Waals surface area (Å²) in [7, 11) is 3.96. The highest BCUT2D eigenvalue weighted by Gasteiger charge is 2.19. The third kappa shape index (κ3) is 4.37. The van der Waals surface area contributed by atoms with E-state index in [9.17, 15) is 0 Å². The molecule has 1 N–H and O–H groups in total. The van der Waals surface area contributed by atoms with Crippen molar-refractivity contribution >= 4 is 5.69 Å². The summed E-state index contributed by atoms with van der Waals surface area (Å²) in [4.78, 5) is 2.42. The lowest BCUT2D eigenvalue weighted by atomic mass is 9.86. The van der Waals surface area contributed by atoms with Gasteiger partial charge in [-0.3, -0.25) is 0 Å². The normalized spacial score (nSPS) is 20.9. The van der Waals surface area contributed by atoms with Gasteiger partial charge >= 0.3 is 0 Å². The van der Waals surface area contributed by atoms with Gasteiger partial charge in [-0.25, -0.2) is 0 Å². The van der Waals surface area contributed by atoms with Crippen LogP contribution in [0.15, 0.2) is 18.2 Å². The molecule has 0 radical (unpaired) electrons. The van der Waals surface area contributed by atoms with Crippen molar-refractivity contribution in [3.63, 3.8) is 0 Å². The summed E-state index contributed by atoms with van der Waals surface area (Å²) in [5.41, 5.74) is 2.64. The Bertz CT molecular complexity index is 465. The van der Waals surface area contributed by atoms with Gasteiger partial charge in [0.25, 0.3) is 0 Å². The average Bonchev–Trinajstić information content (AvgIpc) is 2.63. The summed E-state index contributed by atoms with van der Waals surface area (Å²) in [6.07, 6.45) is 3.68. The molecule has 0 saturated carbocycles. The summed E-state index contributed by atoms with van der Waals surface area (Å²) >= 11 is 0. The summed E-state index contributed by atoms with van der Waals surface area (Å²) in [5, 5.41) is 3.72. The van der Waals surface area contributed by atoms with E-state index in [-0.39, 0.29) is 5.41 Å². The SMILES string of the molecule is COc1ccc(C(C)(C)C)cc1NC1CCCN(C)CC1. The van der Waals surface area contributed by atoms with E-state index >= 15 is 0 Å². The molecule has 0 amide bonds. The molecule has 1 aromatic carbocycles. The second kappa shape index (κ2) is 6.69. The van der Waals surface area contributed by atoms with Crippen LogP contribution in [0.2, 0.25) is 0 Å². The number of hydrogen-bond donors (Lipinski definition) is 1. The smallest absolute Gasteiger partial charge is 0.141 e. The quantitative estimate of drug-likeness (QED) is 0.914. The van der Waals surface area contributed by atoms with E-state index in [1.165, 1.54) is 37.9 Å². The van der Waals surface area contributed by atoms with E-state index in [1.807, 2.05) is 0 Å². The Morgan fingerprint density at radius 1 is 1.19 bits per heavy atom. The van der Waals surface area contributed by atoms with Gasteiger partial charge in [-0.15, -0.1) is 0 Å². The van der Waals surface area contributed by atoms with Gasteiger partial charge in [0.1, 0.15) is 5.75 Å². The number of hydrogen-bond acceptors (Lipinski definition) is 3. The fourth-order valence-electron chi connectivity index (χ4n) is 2.89. The monoisotopic (exact) mass is 290 g/mol. The minimum Gasteiger partial charge on any atom is -0.495 e. The lowest BCUT2D eigenvalue weighted by Gasteiger charge is -2.24. The van der Waals surface area contributed by atoms with Crippen LogP contribution in [0.4, 0.5) is 5.69 Å². The Morgan fingerprint density at radius 2 is 1.95 bits per heavy atom. The van der Waals surface area contributed by atoms with Crippen molar-refractivity contribution < 1.29 is 4.74 Å². The van der Waals surface area contributed by atoms with Gasteiger partial charge < -0.3 is 15.0 Å². The van der Waals surface area contributed by atoms with Crippen LogP contribution in [0.3, 0.4) is 0 Å². The van der Waals surface area contributed by atoms with E-state index in [0.717, 1.165) is 11.4 Å². The van der Waals surface area contributed by atoms with Gasteiger partial charge in [-0.2, -0.15) is 0 Å². The van der Waals surface area contributed by atoms with Crippen molar-refractivity contribution in [1.82, 2.24) is 4.90 Å². The molecule has 0 spiro atoms. The van der Waals surface area contributed by atoms with E-state index in [1.54, 1.807) is 7.11 Å². The van der Waals surface area contributed by atoms with Crippen molar-refractivity contribution in [3.8, 4) is 5.75 Å². The van der Waals surface area contributed by atoms with E-state index in [0.29, 0.717) is 6.04 Å². The summed E-state index contributed by atoms with van der Waals surface area (Å²) in [6, 6.07) is 7.06. The highest BCUT2D eigenvalue weighted by atomic mass is 16.5. The molecule has 118 valence electrons.